The second kappa shape index (κ2) is 5.78. The molecule has 68 valence electrons. The minimum atomic E-state index is 0.141. The lowest BCUT2D eigenvalue weighted by Crippen LogP contribution is -1.85. The van der Waals surface area contributed by atoms with Crippen LogP contribution < -0.4 is 0 Å². The first-order valence-corrected chi connectivity index (χ1v) is 4.40. The SMILES string of the molecule is CC.Cc1cc(C)cc(CO)c1. The Balaban J connectivity index is 0.000000561. The standard InChI is InChI=1S/C9H12O.C2H6/c1-7-3-8(2)5-9(4-7)6-10;1-2/h3-5,10H,6H2,1-2H3;1-2H3. The highest BCUT2D eigenvalue weighted by Crippen LogP contribution is 2.07. The summed E-state index contributed by atoms with van der Waals surface area (Å²) in [6.45, 7) is 8.21. The van der Waals surface area contributed by atoms with Crippen LogP contribution in [0.5, 0.6) is 0 Å². The largest absolute Gasteiger partial charge is 0.392 e. The molecular formula is C11H18O. The summed E-state index contributed by atoms with van der Waals surface area (Å²) >= 11 is 0. The molecule has 0 unspecified atom stereocenters. The van der Waals surface area contributed by atoms with Crippen LogP contribution in [0.1, 0.15) is 30.5 Å². The van der Waals surface area contributed by atoms with Crippen LogP contribution in [0.25, 0.3) is 0 Å². The van der Waals surface area contributed by atoms with Crippen molar-refractivity contribution in [1.29, 1.82) is 0 Å². The fraction of sp³-hybridized carbons (Fsp3) is 0.455. The molecule has 0 bridgehead atoms. The van der Waals surface area contributed by atoms with Gasteiger partial charge in [-0.15, -0.1) is 0 Å². The monoisotopic (exact) mass is 166 g/mol. The maximum absolute atomic E-state index is 8.79. The summed E-state index contributed by atoms with van der Waals surface area (Å²) in [4.78, 5) is 0. The van der Waals surface area contributed by atoms with E-state index in [4.69, 9.17) is 5.11 Å². The van der Waals surface area contributed by atoms with E-state index in [1.807, 2.05) is 39.8 Å². The van der Waals surface area contributed by atoms with Gasteiger partial charge in [-0.3, -0.25) is 0 Å². The van der Waals surface area contributed by atoms with Crippen LogP contribution in [-0.2, 0) is 6.61 Å². The first-order chi connectivity index (χ1) is 5.72. The number of aliphatic hydroxyl groups is 1. The van der Waals surface area contributed by atoms with Crippen molar-refractivity contribution in [3.05, 3.63) is 34.9 Å². The molecule has 0 aliphatic carbocycles. The van der Waals surface area contributed by atoms with Gasteiger partial charge in [0.2, 0.25) is 0 Å². The van der Waals surface area contributed by atoms with E-state index in [0.717, 1.165) is 5.56 Å². The second-order valence-electron chi connectivity index (χ2n) is 2.65. The molecule has 1 rings (SSSR count). The van der Waals surface area contributed by atoms with Crippen LogP contribution >= 0.6 is 0 Å². The lowest BCUT2D eigenvalue weighted by atomic mass is 10.1. The third-order valence-electron chi connectivity index (χ3n) is 1.46. The van der Waals surface area contributed by atoms with E-state index >= 15 is 0 Å². The number of rotatable bonds is 1. The predicted molar refractivity (Wildman–Crippen MR) is 53.2 cm³/mol. The molecule has 0 saturated heterocycles. The quantitative estimate of drug-likeness (QED) is 0.680. The molecule has 1 aromatic carbocycles. The molecule has 1 heteroatoms. The number of hydrogen-bond acceptors (Lipinski definition) is 1. The number of aliphatic hydroxyl groups excluding tert-OH is 1. The van der Waals surface area contributed by atoms with Crippen molar-refractivity contribution in [2.75, 3.05) is 0 Å². The van der Waals surface area contributed by atoms with Gasteiger partial charge in [0.25, 0.3) is 0 Å². The Morgan fingerprint density at radius 3 is 1.75 bits per heavy atom. The molecule has 0 saturated carbocycles. The van der Waals surface area contributed by atoms with E-state index < -0.39 is 0 Å². The molecule has 0 aliphatic heterocycles. The number of hydrogen-bond donors (Lipinski definition) is 1. The Kier molecular flexibility index (Phi) is 5.39. The van der Waals surface area contributed by atoms with Crippen molar-refractivity contribution in [1.82, 2.24) is 0 Å². The van der Waals surface area contributed by atoms with E-state index in [2.05, 4.69) is 6.07 Å². The molecule has 0 fully saturated rings. The van der Waals surface area contributed by atoms with E-state index in [1.54, 1.807) is 0 Å². The summed E-state index contributed by atoms with van der Waals surface area (Å²) in [5.74, 6) is 0. The fourth-order valence-electron chi connectivity index (χ4n) is 1.16. The normalized spacial score (nSPS) is 8.75. The topological polar surface area (TPSA) is 20.2 Å². The van der Waals surface area contributed by atoms with E-state index in [0.29, 0.717) is 0 Å². The molecule has 0 amide bonds. The highest BCUT2D eigenvalue weighted by Gasteiger charge is 1.91. The Hall–Kier alpha value is -0.820. The van der Waals surface area contributed by atoms with E-state index in [9.17, 15) is 0 Å². The molecule has 0 aliphatic rings. The molecule has 12 heavy (non-hydrogen) atoms. The third kappa shape index (κ3) is 3.54. The van der Waals surface area contributed by atoms with Crippen LogP contribution in [0.4, 0.5) is 0 Å². The second-order valence-corrected chi connectivity index (χ2v) is 2.65. The minimum Gasteiger partial charge on any atom is -0.392 e. The van der Waals surface area contributed by atoms with Crippen LogP contribution in [0.2, 0.25) is 0 Å². The molecule has 1 N–H and O–H groups in total. The Morgan fingerprint density at radius 1 is 1.00 bits per heavy atom. The predicted octanol–water partition coefficient (Wildman–Crippen LogP) is 2.82. The Labute approximate surface area is 75.1 Å². The molecule has 0 heterocycles. The van der Waals surface area contributed by atoms with Gasteiger partial charge in [0.15, 0.2) is 0 Å². The van der Waals surface area contributed by atoms with Crippen molar-refractivity contribution < 1.29 is 5.11 Å². The molecule has 1 aromatic rings. The summed E-state index contributed by atoms with van der Waals surface area (Å²) in [6.07, 6.45) is 0. The zero-order chi connectivity index (χ0) is 9.56. The van der Waals surface area contributed by atoms with Gasteiger partial charge in [-0.05, 0) is 19.4 Å². The maximum atomic E-state index is 8.79. The van der Waals surface area contributed by atoms with Crippen LogP contribution in [-0.4, -0.2) is 5.11 Å². The summed E-state index contributed by atoms with van der Waals surface area (Å²) in [5.41, 5.74) is 3.42. The smallest absolute Gasteiger partial charge is 0.0682 e. The number of aryl methyl sites for hydroxylation is 2. The van der Waals surface area contributed by atoms with Gasteiger partial charge in [-0.25, -0.2) is 0 Å². The molecule has 1 nitrogen and oxygen atoms in total. The van der Waals surface area contributed by atoms with Gasteiger partial charge in [-0.1, -0.05) is 43.2 Å². The zero-order valence-corrected chi connectivity index (χ0v) is 8.39. The molecule has 0 aromatic heterocycles. The summed E-state index contributed by atoms with van der Waals surface area (Å²) < 4.78 is 0. The van der Waals surface area contributed by atoms with Crippen molar-refractivity contribution >= 4 is 0 Å². The van der Waals surface area contributed by atoms with Gasteiger partial charge >= 0.3 is 0 Å². The molecule has 0 radical (unpaired) electrons. The fourth-order valence-corrected chi connectivity index (χ4v) is 1.16. The number of benzene rings is 1. The van der Waals surface area contributed by atoms with E-state index in [-0.39, 0.29) is 6.61 Å². The van der Waals surface area contributed by atoms with Crippen molar-refractivity contribution in [3.63, 3.8) is 0 Å². The first kappa shape index (κ1) is 11.2. The van der Waals surface area contributed by atoms with Crippen molar-refractivity contribution in [2.24, 2.45) is 0 Å². The van der Waals surface area contributed by atoms with Crippen molar-refractivity contribution in [2.45, 2.75) is 34.3 Å². The summed E-state index contributed by atoms with van der Waals surface area (Å²) in [5, 5.41) is 8.79. The van der Waals surface area contributed by atoms with Gasteiger partial charge in [0, 0.05) is 0 Å². The van der Waals surface area contributed by atoms with Gasteiger partial charge < -0.3 is 5.11 Å². The lowest BCUT2D eigenvalue weighted by Gasteiger charge is -1.99. The highest BCUT2D eigenvalue weighted by molar-refractivity contribution is 5.27. The van der Waals surface area contributed by atoms with Gasteiger partial charge in [-0.2, -0.15) is 0 Å². The van der Waals surface area contributed by atoms with Gasteiger partial charge in [0.1, 0.15) is 0 Å². The first-order valence-electron chi connectivity index (χ1n) is 4.40. The average Bonchev–Trinajstić information content (AvgIpc) is 2.06. The Bertz CT molecular complexity index is 208. The molecule has 0 spiro atoms. The third-order valence-corrected chi connectivity index (χ3v) is 1.46. The maximum Gasteiger partial charge on any atom is 0.0682 e. The highest BCUT2D eigenvalue weighted by atomic mass is 16.3. The minimum absolute atomic E-state index is 0.141. The molecule has 0 atom stereocenters. The zero-order valence-electron chi connectivity index (χ0n) is 8.39. The summed E-state index contributed by atoms with van der Waals surface area (Å²) in [7, 11) is 0. The average molecular weight is 166 g/mol. The summed E-state index contributed by atoms with van der Waals surface area (Å²) in [6, 6.07) is 6.08. The van der Waals surface area contributed by atoms with Crippen LogP contribution in [0, 0.1) is 13.8 Å². The van der Waals surface area contributed by atoms with E-state index in [1.165, 1.54) is 11.1 Å². The van der Waals surface area contributed by atoms with Crippen LogP contribution in [0.3, 0.4) is 0 Å². The van der Waals surface area contributed by atoms with Gasteiger partial charge in [0.05, 0.1) is 6.61 Å². The Morgan fingerprint density at radius 2 is 1.42 bits per heavy atom. The van der Waals surface area contributed by atoms with Crippen LogP contribution in [0.15, 0.2) is 18.2 Å². The lowest BCUT2D eigenvalue weighted by molar-refractivity contribution is 0.281. The molecular weight excluding hydrogens is 148 g/mol. The van der Waals surface area contributed by atoms with Crippen molar-refractivity contribution in [3.8, 4) is 0 Å².